The molecule has 16 heavy (non-hydrogen) atoms. The summed E-state index contributed by atoms with van der Waals surface area (Å²) in [5.41, 5.74) is 2.11. The van der Waals surface area contributed by atoms with Gasteiger partial charge in [0.05, 0.1) is 28.6 Å². The first-order valence-electron chi connectivity index (χ1n) is 5.56. The Morgan fingerprint density at radius 2 is 2.19 bits per heavy atom. The molecule has 0 radical (unpaired) electrons. The van der Waals surface area contributed by atoms with Gasteiger partial charge >= 0.3 is 0 Å². The van der Waals surface area contributed by atoms with Crippen molar-refractivity contribution in [3.05, 3.63) is 15.9 Å². The van der Waals surface area contributed by atoms with E-state index < -0.39 is 0 Å². The van der Waals surface area contributed by atoms with Gasteiger partial charge in [-0.3, -0.25) is 4.68 Å². The Bertz CT molecular complexity index is 359. The van der Waals surface area contributed by atoms with Crippen molar-refractivity contribution in [2.75, 3.05) is 13.2 Å². The highest BCUT2D eigenvalue weighted by Gasteiger charge is 2.17. The van der Waals surface area contributed by atoms with E-state index in [0.29, 0.717) is 12.7 Å². The van der Waals surface area contributed by atoms with Crippen LogP contribution in [-0.4, -0.2) is 29.1 Å². The molecular formula is C11H17BrN2O2. The maximum Gasteiger partial charge on any atom is 0.0900 e. The van der Waals surface area contributed by atoms with Crippen LogP contribution in [0.4, 0.5) is 0 Å². The molecule has 1 aliphatic heterocycles. The maximum absolute atomic E-state index is 5.87. The van der Waals surface area contributed by atoms with Crippen LogP contribution in [0.15, 0.2) is 4.47 Å². The molecule has 90 valence electrons. The van der Waals surface area contributed by atoms with Crippen molar-refractivity contribution in [1.29, 1.82) is 0 Å². The van der Waals surface area contributed by atoms with Gasteiger partial charge in [-0.25, -0.2) is 0 Å². The average Bonchev–Trinajstić information content (AvgIpc) is 2.53. The lowest BCUT2D eigenvalue weighted by molar-refractivity contribution is -0.0408. The molecule has 1 fully saturated rings. The third-order valence-electron chi connectivity index (χ3n) is 2.89. The van der Waals surface area contributed by atoms with E-state index in [-0.39, 0.29) is 0 Å². The molecule has 4 nitrogen and oxygen atoms in total. The largest absolute Gasteiger partial charge is 0.381 e. The van der Waals surface area contributed by atoms with Gasteiger partial charge in [0.2, 0.25) is 0 Å². The van der Waals surface area contributed by atoms with Gasteiger partial charge in [-0.15, -0.1) is 0 Å². The molecular weight excluding hydrogens is 272 g/mol. The van der Waals surface area contributed by atoms with Crippen molar-refractivity contribution < 1.29 is 9.47 Å². The molecule has 1 saturated heterocycles. The number of rotatable bonds is 3. The van der Waals surface area contributed by atoms with Crippen LogP contribution in [-0.2, 0) is 23.1 Å². The van der Waals surface area contributed by atoms with E-state index in [4.69, 9.17) is 9.47 Å². The van der Waals surface area contributed by atoms with E-state index in [1.54, 1.807) is 0 Å². The minimum absolute atomic E-state index is 0.329. The molecule has 0 atom stereocenters. The predicted octanol–water partition coefficient (Wildman–Crippen LogP) is 2.19. The van der Waals surface area contributed by atoms with E-state index in [2.05, 4.69) is 21.0 Å². The summed E-state index contributed by atoms with van der Waals surface area (Å²) in [6.07, 6.45) is 2.32. The highest BCUT2D eigenvalue weighted by atomic mass is 79.9. The topological polar surface area (TPSA) is 36.3 Å². The van der Waals surface area contributed by atoms with E-state index in [1.165, 1.54) is 0 Å². The van der Waals surface area contributed by atoms with Crippen molar-refractivity contribution in [3.8, 4) is 0 Å². The van der Waals surface area contributed by atoms with E-state index in [1.807, 2.05) is 18.7 Å². The first kappa shape index (κ1) is 12.1. The maximum atomic E-state index is 5.87. The SMILES string of the molecule is Cc1nn(C)c(COC2CCOCC2)c1Br. The van der Waals surface area contributed by atoms with Gasteiger partial charge in [-0.05, 0) is 35.7 Å². The molecule has 0 aliphatic carbocycles. The third-order valence-corrected chi connectivity index (χ3v) is 3.92. The van der Waals surface area contributed by atoms with Crippen molar-refractivity contribution in [3.63, 3.8) is 0 Å². The fourth-order valence-corrected chi connectivity index (χ4v) is 2.33. The van der Waals surface area contributed by atoms with E-state index >= 15 is 0 Å². The van der Waals surface area contributed by atoms with Gasteiger partial charge in [-0.2, -0.15) is 5.10 Å². The summed E-state index contributed by atoms with van der Waals surface area (Å²) in [6, 6.07) is 0. The first-order valence-corrected chi connectivity index (χ1v) is 6.35. The zero-order chi connectivity index (χ0) is 11.5. The fraction of sp³-hybridized carbons (Fsp3) is 0.727. The first-order chi connectivity index (χ1) is 7.68. The number of hydrogen-bond acceptors (Lipinski definition) is 3. The van der Waals surface area contributed by atoms with E-state index in [0.717, 1.165) is 41.9 Å². The second kappa shape index (κ2) is 5.29. The Kier molecular flexibility index (Phi) is 4.00. The quantitative estimate of drug-likeness (QED) is 0.855. The molecule has 1 aromatic rings. The van der Waals surface area contributed by atoms with Gasteiger partial charge in [0.25, 0.3) is 0 Å². The molecule has 5 heteroatoms. The Balaban J connectivity index is 1.93. The second-order valence-corrected chi connectivity index (χ2v) is 4.89. The molecule has 1 aliphatic rings. The number of halogens is 1. The minimum atomic E-state index is 0.329. The molecule has 1 aromatic heterocycles. The summed E-state index contributed by atoms with van der Waals surface area (Å²) in [5.74, 6) is 0. The van der Waals surface area contributed by atoms with Crippen LogP contribution in [0.5, 0.6) is 0 Å². The molecule has 0 unspecified atom stereocenters. The van der Waals surface area contributed by atoms with Gasteiger partial charge in [-0.1, -0.05) is 0 Å². The van der Waals surface area contributed by atoms with Gasteiger partial charge in [0, 0.05) is 20.3 Å². The lowest BCUT2D eigenvalue weighted by Gasteiger charge is -2.22. The van der Waals surface area contributed by atoms with Crippen molar-refractivity contribution in [2.24, 2.45) is 7.05 Å². The normalized spacial score (nSPS) is 17.9. The lowest BCUT2D eigenvalue weighted by Crippen LogP contribution is -2.23. The molecule has 0 aromatic carbocycles. The van der Waals surface area contributed by atoms with Crippen LogP contribution in [0.3, 0.4) is 0 Å². The number of aromatic nitrogens is 2. The van der Waals surface area contributed by atoms with E-state index in [9.17, 15) is 0 Å². The Labute approximate surface area is 104 Å². The van der Waals surface area contributed by atoms with Crippen LogP contribution in [0, 0.1) is 6.92 Å². The van der Waals surface area contributed by atoms with Gasteiger partial charge < -0.3 is 9.47 Å². The Morgan fingerprint density at radius 1 is 1.50 bits per heavy atom. The molecule has 2 heterocycles. The van der Waals surface area contributed by atoms with Crippen molar-refractivity contribution >= 4 is 15.9 Å². The highest BCUT2D eigenvalue weighted by molar-refractivity contribution is 9.10. The summed E-state index contributed by atoms with van der Waals surface area (Å²) >= 11 is 3.54. The van der Waals surface area contributed by atoms with Gasteiger partial charge in [0.1, 0.15) is 0 Å². The molecule has 0 amide bonds. The van der Waals surface area contributed by atoms with Crippen molar-refractivity contribution in [1.82, 2.24) is 9.78 Å². The molecule has 0 bridgehead atoms. The molecule has 2 rings (SSSR count). The standard InChI is InChI=1S/C11H17BrN2O2/c1-8-11(12)10(14(2)13-8)7-16-9-3-5-15-6-4-9/h9H,3-7H2,1-2H3. The molecule has 0 saturated carbocycles. The van der Waals surface area contributed by atoms with Crippen LogP contribution in [0.1, 0.15) is 24.2 Å². The number of nitrogens with zero attached hydrogens (tertiary/aromatic N) is 2. The van der Waals surface area contributed by atoms with Crippen LogP contribution in [0.2, 0.25) is 0 Å². The number of aryl methyl sites for hydroxylation is 2. The fourth-order valence-electron chi connectivity index (χ4n) is 1.88. The second-order valence-electron chi connectivity index (χ2n) is 4.09. The van der Waals surface area contributed by atoms with Crippen LogP contribution >= 0.6 is 15.9 Å². The lowest BCUT2D eigenvalue weighted by atomic mass is 10.1. The highest BCUT2D eigenvalue weighted by Crippen LogP contribution is 2.22. The number of hydrogen-bond donors (Lipinski definition) is 0. The summed E-state index contributed by atoms with van der Waals surface area (Å²) < 4.78 is 14.1. The molecule has 0 spiro atoms. The summed E-state index contributed by atoms with van der Waals surface area (Å²) in [5, 5.41) is 4.34. The number of ether oxygens (including phenoxy) is 2. The smallest absolute Gasteiger partial charge is 0.0900 e. The summed E-state index contributed by atoms with van der Waals surface area (Å²) in [7, 11) is 1.94. The zero-order valence-electron chi connectivity index (χ0n) is 9.70. The summed E-state index contributed by atoms with van der Waals surface area (Å²) in [6.45, 7) is 4.23. The Hall–Kier alpha value is -0.390. The average molecular weight is 289 g/mol. The predicted molar refractivity (Wildman–Crippen MR) is 64.3 cm³/mol. The minimum Gasteiger partial charge on any atom is -0.381 e. The van der Waals surface area contributed by atoms with Crippen molar-refractivity contribution in [2.45, 2.75) is 32.5 Å². The Morgan fingerprint density at radius 3 is 2.75 bits per heavy atom. The van der Waals surface area contributed by atoms with Crippen LogP contribution in [0.25, 0.3) is 0 Å². The van der Waals surface area contributed by atoms with Gasteiger partial charge in [0.15, 0.2) is 0 Å². The molecule has 0 N–H and O–H groups in total. The zero-order valence-corrected chi connectivity index (χ0v) is 11.3. The van der Waals surface area contributed by atoms with Crippen LogP contribution < -0.4 is 0 Å². The third kappa shape index (κ3) is 2.64. The summed E-state index contributed by atoms with van der Waals surface area (Å²) in [4.78, 5) is 0. The monoisotopic (exact) mass is 288 g/mol.